The van der Waals surface area contributed by atoms with Gasteiger partial charge in [0.25, 0.3) is 0 Å². The molecule has 0 saturated carbocycles. The summed E-state index contributed by atoms with van der Waals surface area (Å²) in [6.45, 7) is 1.46. The lowest BCUT2D eigenvalue weighted by Gasteiger charge is -2.15. The fraction of sp³-hybridized carbons (Fsp3) is 0.412. The third-order valence-electron chi connectivity index (χ3n) is 3.72. The van der Waals surface area contributed by atoms with E-state index in [1.165, 1.54) is 12.1 Å². The van der Waals surface area contributed by atoms with Gasteiger partial charge in [-0.25, -0.2) is 4.39 Å². The highest BCUT2D eigenvalue weighted by Crippen LogP contribution is 2.27. The van der Waals surface area contributed by atoms with Crippen molar-refractivity contribution in [3.8, 4) is 5.75 Å². The lowest BCUT2D eigenvalue weighted by atomic mass is 10.2. The molecule has 2 aromatic rings. The molecule has 1 aromatic heterocycles. The molecule has 0 aliphatic carbocycles. The molecule has 1 atom stereocenters. The number of aliphatic hydroxyl groups excluding tert-OH is 1. The molecule has 6 heteroatoms. The standard InChI is InChI=1S/C17H20FNO4/c18-12-3-6-17(22-11-15-2-1-7-21-15)16(8-12)19-9-13-4-5-14(10-20)23-13/h3-6,8,15,19-20H,1-2,7,9-11H2/t15-/m1/s1. The minimum absolute atomic E-state index is 0.102. The highest BCUT2D eigenvalue weighted by atomic mass is 19.1. The summed E-state index contributed by atoms with van der Waals surface area (Å²) in [5.74, 6) is 1.39. The van der Waals surface area contributed by atoms with Crippen molar-refractivity contribution in [1.29, 1.82) is 0 Å². The molecule has 1 aromatic carbocycles. The predicted octanol–water partition coefficient (Wildman–Crippen LogP) is 3.08. The molecule has 0 radical (unpaired) electrons. The zero-order chi connectivity index (χ0) is 16.1. The average molecular weight is 321 g/mol. The first kappa shape index (κ1) is 15.8. The molecule has 1 aliphatic rings. The van der Waals surface area contributed by atoms with Crippen molar-refractivity contribution in [3.63, 3.8) is 0 Å². The number of benzene rings is 1. The Kier molecular flexibility index (Phi) is 5.15. The Morgan fingerprint density at radius 2 is 2.13 bits per heavy atom. The molecule has 3 rings (SSSR count). The number of furan rings is 1. The summed E-state index contributed by atoms with van der Waals surface area (Å²) in [6, 6.07) is 7.84. The summed E-state index contributed by atoms with van der Waals surface area (Å²) in [4.78, 5) is 0. The molecule has 2 heterocycles. The van der Waals surface area contributed by atoms with Gasteiger partial charge in [0.1, 0.15) is 36.3 Å². The van der Waals surface area contributed by atoms with Crippen molar-refractivity contribution in [2.75, 3.05) is 18.5 Å². The SMILES string of the molecule is OCc1ccc(CNc2cc(F)ccc2OC[C@H]2CCCO2)o1. The zero-order valence-corrected chi connectivity index (χ0v) is 12.8. The molecule has 23 heavy (non-hydrogen) atoms. The summed E-state index contributed by atoms with van der Waals surface area (Å²) in [7, 11) is 0. The molecular weight excluding hydrogens is 301 g/mol. The van der Waals surface area contributed by atoms with Crippen LogP contribution in [-0.2, 0) is 17.9 Å². The molecule has 0 amide bonds. The van der Waals surface area contributed by atoms with Gasteiger partial charge in [-0.05, 0) is 37.1 Å². The van der Waals surface area contributed by atoms with Crippen LogP contribution in [0.25, 0.3) is 0 Å². The lowest BCUT2D eigenvalue weighted by molar-refractivity contribution is 0.0681. The largest absolute Gasteiger partial charge is 0.489 e. The maximum atomic E-state index is 13.5. The second-order valence-electron chi connectivity index (χ2n) is 5.47. The summed E-state index contributed by atoms with van der Waals surface area (Å²) < 4.78 is 30.2. The number of rotatable bonds is 7. The predicted molar refractivity (Wildman–Crippen MR) is 82.8 cm³/mol. The second-order valence-corrected chi connectivity index (χ2v) is 5.47. The van der Waals surface area contributed by atoms with E-state index in [2.05, 4.69) is 5.32 Å². The smallest absolute Gasteiger partial charge is 0.142 e. The van der Waals surface area contributed by atoms with E-state index in [0.717, 1.165) is 19.4 Å². The van der Waals surface area contributed by atoms with E-state index in [1.807, 2.05) is 0 Å². The lowest BCUT2D eigenvalue weighted by Crippen LogP contribution is -2.17. The quantitative estimate of drug-likeness (QED) is 0.820. The van der Waals surface area contributed by atoms with Crippen molar-refractivity contribution in [2.45, 2.75) is 32.1 Å². The number of aliphatic hydroxyl groups is 1. The Bertz CT molecular complexity index is 637. The van der Waals surface area contributed by atoms with E-state index in [4.69, 9.17) is 19.0 Å². The number of anilines is 1. The number of hydrogen-bond acceptors (Lipinski definition) is 5. The molecule has 1 fully saturated rings. The molecular formula is C17H20FNO4. The first-order chi connectivity index (χ1) is 11.2. The second kappa shape index (κ2) is 7.48. The van der Waals surface area contributed by atoms with Gasteiger partial charge in [0.15, 0.2) is 0 Å². The van der Waals surface area contributed by atoms with Gasteiger partial charge in [-0.1, -0.05) is 0 Å². The summed E-state index contributed by atoms with van der Waals surface area (Å²) in [5.41, 5.74) is 0.560. The van der Waals surface area contributed by atoms with Crippen molar-refractivity contribution in [3.05, 3.63) is 47.7 Å². The highest BCUT2D eigenvalue weighted by molar-refractivity contribution is 5.56. The van der Waals surface area contributed by atoms with Gasteiger partial charge in [-0.2, -0.15) is 0 Å². The van der Waals surface area contributed by atoms with Crippen molar-refractivity contribution < 1.29 is 23.4 Å². The molecule has 5 nitrogen and oxygen atoms in total. The van der Waals surface area contributed by atoms with Gasteiger partial charge < -0.3 is 24.3 Å². The Morgan fingerprint density at radius 1 is 1.26 bits per heavy atom. The molecule has 2 N–H and O–H groups in total. The molecule has 1 saturated heterocycles. The van der Waals surface area contributed by atoms with Gasteiger partial charge >= 0.3 is 0 Å². The number of halogens is 1. The van der Waals surface area contributed by atoms with Crippen LogP contribution in [0.1, 0.15) is 24.4 Å². The van der Waals surface area contributed by atoms with Crippen LogP contribution in [-0.4, -0.2) is 24.4 Å². The fourth-order valence-electron chi connectivity index (χ4n) is 2.51. The van der Waals surface area contributed by atoms with Crippen LogP contribution in [0.5, 0.6) is 5.75 Å². The van der Waals surface area contributed by atoms with Crippen LogP contribution >= 0.6 is 0 Å². The van der Waals surface area contributed by atoms with Gasteiger partial charge in [0.05, 0.1) is 18.3 Å². The van der Waals surface area contributed by atoms with Crippen LogP contribution in [0.2, 0.25) is 0 Å². The molecule has 0 unspecified atom stereocenters. The Balaban J connectivity index is 1.63. The summed E-state index contributed by atoms with van der Waals surface area (Å²) in [5, 5.41) is 12.1. The van der Waals surface area contributed by atoms with E-state index in [-0.39, 0.29) is 18.5 Å². The Morgan fingerprint density at radius 3 is 2.87 bits per heavy atom. The number of hydrogen-bond donors (Lipinski definition) is 2. The van der Waals surface area contributed by atoms with E-state index < -0.39 is 0 Å². The molecule has 0 bridgehead atoms. The summed E-state index contributed by atoms with van der Waals surface area (Å²) >= 11 is 0. The number of nitrogens with one attached hydrogen (secondary N) is 1. The maximum absolute atomic E-state index is 13.5. The van der Waals surface area contributed by atoms with Crippen LogP contribution in [0.3, 0.4) is 0 Å². The topological polar surface area (TPSA) is 63.9 Å². The molecule has 0 spiro atoms. The van der Waals surface area contributed by atoms with Gasteiger partial charge in [0, 0.05) is 12.7 Å². The normalized spacial score (nSPS) is 17.4. The zero-order valence-electron chi connectivity index (χ0n) is 12.8. The van der Waals surface area contributed by atoms with E-state index in [1.54, 1.807) is 18.2 Å². The van der Waals surface area contributed by atoms with Crippen molar-refractivity contribution >= 4 is 5.69 Å². The maximum Gasteiger partial charge on any atom is 0.142 e. The summed E-state index contributed by atoms with van der Waals surface area (Å²) in [6.07, 6.45) is 2.14. The van der Waals surface area contributed by atoms with Crippen molar-refractivity contribution in [1.82, 2.24) is 0 Å². The van der Waals surface area contributed by atoms with E-state index in [9.17, 15) is 4.39 Å². The Hall–Kier alpha value is -2.05. The van der Waals surface area contributed by atoms with E-state index >= 15 is 0 Å². The van der Waals surface area contributed by atoms with Crippen LogP contribution < -0.4 is 10.1 Å². The molecule has 124 valence electrons. The van der Waals surface area contributed by atoms with Crippen LogP contribution in [0.15, 0.2) is 34.7 Å². The van der Waals surface area contributed by atoms with E-state index in [0.29, 0.717) is 36.1 Å². The minimum Gasteiger partial charge on any atom is -0.489 e. The van der Waals surface area contributed by atoms with Crippen molar-refractivity contribution in [2.24, 2.45) is 0 Å². The monoisotopic (exact) mass is 321 g/mol. The third-order valence-corrected chi connectivity index (χ3v) is 3.72. The highest BCUT2D eigenvalue weighted by Gasteiger charge is 2.17. The van der Waals surface area contributed by atoms with Crippen LogP contribution in [0.4, 0.5) is 10.1 Å². The average Bonchev–Trinajstić information content (AvgIpc) is 3.23. The number of ether oxygens (including phenoxy) is 2. The van der Waals surface area contributed by atoms with Gasteiger partial charge in [-0.15, -0.1) is 0 Å². The fourth-order valence-corrected chi connectivity index (χ4v) is 2.51. The van der Waals surface area contributed by atoms with Gasteiger partial charge in [-0.3, -0.25) is 0 Å². The minimum atomic E-state index is -0.340. The van der Waals surface area contributed by atoms with Crippen LogP contribution in [0, 0.1) is 5.82 Å². The van der Waals surface area contributed by atoms with Gasteiger partial charge in [0.2, 0.25) is 0 Å². The first-order valence-electron chi connectivity index (χ1n) is 7.71. The third kappa shape index (κ3) is 4.24. The molecule has 1 aliphatic heterocycles. The first-order valence-corrected chi connectivity index (χ1v) is 7.71. The Labute approximate surface area is 134 Å².